The summed E-state index contributed by atoms with van der Waals surface area (Å²) in [5.41, 5.74) is 2.28. The van der Waals surface area contributed by atoms with Gasteiger partial charge in [0.05, 0.1) is 29.2 Å². The highest BCUT2D eigenvalue weighted by Gasteiger charge is 2.18. The molecule has 0 bridgehead atoms. The lowest BCUT2D eigenvalue weighted by molar-refractivity contribution is 0.754. The molecule has 0 unspecified atom stereocenters. The number of hydrogen-bond acceptors (Lipinski definition) is 5. The van der Waals surface area contributed by atoms with Crippen molar-refractivity contribution in [1.82, 2.24) is 9.61 Å². The first-order valence-electron chi connectivity index (χ1n) is 6.33. The van der Waals surface area contributed by atoms with Crippen LogP contribution < -0.4 is 5.32 Å². The Hall–Kier alpha value is -2.42. The van der Waals surface area contributed by atoms with Crippen molar-refractivity contribution in [3.05, 3.63) is 28.9 Å². The summed E-state index contributed by atoms with van der Waals surface area (Å²) in [6.07, 6.45) is 7.71. The molecule has 1 aliphatic carbocycles. The molecule has 0 radical (unpaired) electrons. The summed E-state index contributed by atoms with van der Waals surface area (Å²) in [4.78, 5) is 10.6. The van der Waals surface area contributed by atoms with Gasteiger partial charge >= 0.3 is 0 Å². The third-order valence-electron chi connectivity index (χ3n) is 3.55. The zero-order valence-corrected chi connectivity index (χ0v) is 10.3. The summed E-state index contributed by atoms with van der Waals surface area (Å²) >= 11 is 0. The number of aromatic nitrogens is 2. The van der Waals surface area contributed by atoms with E-state index < -0.39 is 0 Å². The van der Waals surface area contributed by atoms with Crippen molar-refractivity contribution in [2.75, 3.05) is 5.32 Å². The number of nitrogens with one attached hydrogen (secondary N) is 1. The van der Waals surface area contributed by atoms with E-state index in [9.17, 15) is 10.2 Å². The molecule has 6 nitrogen and oxygen atoms in total. The van der Waals surface area contributed by atoms with Crippen LogP contribution in [0.15, 0.2) is 23.6 Å². The van der Waals surface area contributed by atoms with Gasteiger partial charge in [0.1, 0.15) is 11.8 Å². The van der Waals surface area contributed by atoms with Gasteiger partial charge in [-0.1, -0.05) is 12.8 Å². The van der Waals surface area contributed by atoms with Crippen LogP contribution in [0, 0.1) is 16.2 Å². The molecule has 0 amide bonds. The van der Waals surface area contributed by atoms with Crippen LogP contribution in [0.25, 0.3) is 5.52 Å². The van der Waals surface area contributed by atoms with Gasteiger partial charge in [0.2, 0.25) is 0 Å². The number of rotatable bonds is 3. The van der Waals surface area contributed by atoms with Crippen LogP contribution >= 0.6 is 0 Å². The largest absolute Gasteiger partial charge is 0.379 e. The van der Waals surface area contributed by atoms with Crippen molar-refractivity contribution in [3.63, 3.8) is 0 Å². The fourth-order valence-corrected chi connectivity index (χ4v) is 2.60. The topological polar surface area (TPSA) is 82.6 Å². The van der Waals surface area contributed by atoms with E-state index >= 15 is 0 Å². The van der Waals surface area contributed by atoms with Gasteiger partial charge in [0.15, 0.2) is 0 Å². The smallest absolute Gasteiger partial charge is 0.128 e. The Morgan fingerprint density at radius 1 is 1.47 bits per heavy atom. The van der Waals surface area contributed by atoms with Gasteiger partial charge in [-0.05, 0) is 24.1 Å². The number of fused-ring (bicyclic) bond motifs is 1. The molecular formula is C13H13N5O. The van der Waals surface area contributed by atoms with Crippen LogP contribution in [0.2, 0.25) is 0 Å². The third-order valence-corrected chi connectivity index (χ3v) is 3.55. The van der Waals surface area contributed by atoms with E-state index in [0.717, 1.165) is 24.0 Å². The lowest BCUT2D eigenvalue weighted by Gasteiger charge is -2.15. The minimum absolute atomic E-state index is 0.317. The van der Waals surface area contributed by atoms with Gasteiger partial charge in [-0.15, -0.1) is 4.91 Å². The maximum Gasteiger partial charge on any atom is 0.128 e. The molecule has 2 aromatic heterocycles. The van der Waals surface area contributed by atoms with E-state index in [-0.39, 0.29) is 0 Å². The highest BCUT2D eigenvalue weighted by atomic mass is 16.3. The molecule has 0 atom stereocenters. The molecule has 0 aliphatic heterocycles. The number of hydrogen-bond donors (Lipinski definition) is 1. The van der Waals surface area contributed by atoms with Crippen molar-refractivity contribution in [1.29, 1.82) is 5.26 Å². The fourth-order valence-electron chi connectivity index (χ4n) is 2.60. The monoisotopic (exact) mass is 255 g/mol. The van der Waals surface area contributed by atoms with Gasteiger partial charge in [-0.2, -0.15) is 10.4 Å². The average Bonchev–Trinajstić information content (AvgIpc) is 3.07. The fraction of sp³-hybridized carbons (Fsp3) is 0.385. The standard InChI is InChI=1S/C13H13N5O/c14-6-9-7-15-18-8-11(17-19)5-12(18)13(9)16-10-3-1-2-4-10/h5,7-8,10,16H,1-4H2. The van der Waals surface area contributed by atoms with Gasteiger partial charge in [0, 0.05) is 6.04 Å². The Kier molecular flexibility index (Phi) is 2.88. The minimum atomic E-state index is 0.317. The molecule has 1 N–H and O–H groups in total. The molecule has 1 saturated carbocycles. The Morgan fingerprint density at radius 3 is 2.95 bits per heavy atom. The molecule has 0 aromatic carbocycles. The molecule has 1 fully saturated rings. The zero-order valence-electron chi connectivity index (χ0n) is 10.3. The number of anilines is 1. The SMILES string of the molecule is N#Cc1cnn2cc(N=O)cc2c1NC1CCCC1. The highest BCUT2D eigenvalue weighted by molar-refractivity contribution is 5.80. The maximum absolute atomic E-state index is 10.6. The van der Waals surface area contributed by atoms with Crippen molar-refractivity contribution in [2.45, 2.75) is 31.7 Å². The second-order valence-corrected chi connectivity index (χ2v) is 4.79. The number of nitroso groups, excluding NO2 is 1. The second kappa shape index (κ2) is 4.69. The maximum atomic E-state index is 10.6. The molecular weight excluding hydrogens is 242 g/mol. The lowest BCUT2D eigenvalue weighted by Crippen LogP contribution is -2.16. The quantitative estimate of drug-likeness (QED) is 0.855. The first-order valence-corrected chi connectivity index (χ1v) is 6.33. The van der Waals surface area contributed by atoms with Crippen LogP contribution in [0.3, 0.4) is 0 Å². The van der Waals surface area contributed by atoms with E-state index in [0.29, 0.717) is 17.3 Å². The first-order chi connectivity index (χ1) is 9.31. The van der Waals surface area contributed by atoms with E-state index in [1.807, 2.05) is 0 Å². The van der Waals surface area contributed by atoms with Crippen LogP contribution in [-0.2, 0) is 0 Å². The van der Waals surface area contributed by atoms with Gasteiger partial charge in [0.25, 0.3) is 0 Å². The Morgan fingerprint density at radius 2 is 2.26 bits per heavy atom. The van der Waals surface area contributed by atoms with Crippen LogP contribution in [0.5, 0.6) is 0 Å². The molecule has 0 saturated heterocycles. The molecule has 0 spiro atoms. The van der Waals surface area contributed by atoms with Gasteiger partial charge < -0.3 is 5.32 Å². The second-order valence-electron chi connectivity index (χ2n) is 4.79. The summed E-state index contributed by atoms with van der Waals surface area (Å²) < 4.78 is 1.58. The van der Waals surface area contributed by atoms with E-state index in [1.165, 1.54) is 19.0 Å². The molecule has 19 heavy (non-hydrogen) atoms. The first kappa shape index (κ1) is 11.7. The van der Waals surface area contributed by atoms with Crippen molar-refractivity contribution in [2.24, 2.45) is 5.18 Å². The Balaban J connectivity index is 2.09. The summed E-state index contributed by atoms with van der Waals surface area (Å²) in [5.74, 6) is 0. The molecule has 2 heterocycles. The number of nitriles is 1. The van der Waals surface area contributed by atoms with Gasteiger partial charge in [-0.25, -0.2) is 4.52 Å². The van der Waals surface area contributed by atoms with E-state index in [2.05, 4.69) is 21.7 Å². The number of nitrogens with zero attached hydrogens (tertiary/aromatic N) is 4. The van der Waals surface area contributed by atoms with Crippen molar-refractivity contribution < 1.29 is 0 Å². The van der Waals surface area contributed by atoms with Crippen molar-refractivity contribution in [3.8, 4) is 6.07 Å². The predicted molar refractivity (Wildman–Crippen MR) is 71.2 cm³/mol. The van der Waals surface area contributed by atoms with Crippen LogP contribution in [-0.4, -0.2) is 15.7 Å². The molecule has 3 rings (SSSR count). The highest BCUT2D eigenvalue weighted by Crippen LogP contribution is 2.29. The normalized spacial score (nSPS) is 15.5. The summed E-state index contributed by atoms with van der Waals surface area (Å²) in [7, 11) is 0. The summed E-state index contributed by atoms with van der Waals surface area (Å²) in [5, 5.41) is 19.6. The molecule has 2 aromatic rings. The van der Waals surface area contributed by atoms with Crippen LogP contribution in [0.4, 0.5) is 11.4 Å². The van der Waals surface area contributed by atoms with Crippen LogP contribution in [0.1, 0.15) is 31.2 Å². The lowest BCUT2D eigenvalue weighted by atomic mass is 10.2. The van der Waals surface area contributed by atoms with Crippen molar-refractivity contribution >= 4 is 16.9 Å². The van der Waals surface area contributed by atoms with E-state index in [1.54, 1.807) is 16.8 Å². The van der Waals surface area contributed by atoms with E-state index in [4.69, 9.17) is 0 Å². The minimum Gasteiger partial charge on any atom is -0.379 e. The third kappa shape index (κ3) is 2.03. The van der Waals surface area contributed by atoms with Gasteiger partial charge in [-0.3, -0.25) is 0 Å². The summed E-state index contributed by atoms with van der Waals surface area (Å²) in [6.45, 7) is 0. The average molecular weight is 255 g/mol. The summed E-state index contributed by atoms with van der Waals surface area (Å²) in [6, 6.07) is 4.18. The Labute approximate surface area is 110 Å². The zero-order chi connectivity index (χ0) is 13.2. The molecule has 1 aliphatic rings. The molecule has 6 heteroatoms. The predicted octanol–water partition coefficient (Wildman–Crippen LogP) is 2.96. The molecule has 96 valence electrons. The Bertz CT molecular complexity index is 663.